The molecule has 9 nitrogen and oxygen atoms in total. The largest absolute Gasteiger partial charge is 0.506 e. The second-order valence-corrected chi connectivity index (χ2v) is 4.64. The lowest BCUT2D eigenvalue weighted by atomic mass is 10.1. The Morgan fingerprint density at radius 2 is 2.25 bits per heavy atom. The van der Waals surface area contributed by atoms with Crippen molar-refractivity contribution in [3.05, 3.63) is 12.0 Å². The van der Waals surface area contributed by atoms with Crippen LogP contribution in [0.3, 0.4) is 0 Å². The van der Waals surface area contributed by atoms with E-state index in [1.807, 2.05) is 0 Å². The first-order valence-corrected chi connectivity index (χ1v) is 5.87. The summed E-state index contributed by atoms with van der Waals surface area (Å²) in [4.78, 5) is 41.6. The van der Waals surface area contributed by atoms with Gasteiger partial charge in [-0.3, -0.25) is 19.4 Å². The van der Waals surface area contributed by atoms with Gasteiger partial charge in [0.1, 0.15) is 18.5 Å². The summed E-state index contributed by atoms with van der Waals surface area (Å²) in [6.45, 7) is 1.27. The molecule has 1 aromatic rings. The Morgan fingerprint density at radius 3 is 2.90 bits per heavy atom. The predicted octanol–water partition coefficient (Wildman–Crippen LogP) is -1.16. The fourth-order valence-electron chi connectivity index (χ4n) is 2.33. The van der Waals surface area contributed by atoms with Gasteiger partial charge in [-0.05, 0) is 6.92 Å². The van der Waals surface area contributed by atoms with Gasteiger partial charge in [0.15, 0.2) is 0 Å². The van der Waals surface area contributed by atoms with Gasteiger partial charge >= 0.3 is 12.0 Å². The lowest BCUT2D eigenvalue weighted by molar-refractivity contribution is -0.679. The molecule has 1 aromatic heterocycles. The van der Waals surface area contributed by atoms with E-state index >= 15 is 0 Å². The van der Waals surface area contributed by atoms with Crippen LogP contribution in [0.25, 0.3) is 0 Å². The maximum Gasteiger partial charge on any atom is 0.506 e. The smallest absolute Gasteiger partial charge is 0.390 e. The topological polar surface area (TPSA) is 113 Å². The number of amidine groups is 1. The summed E-state index contributed by atoms with van der Waals surface area (Å²) in [6.07, 6.45) is 1.63. The number of hydrogen-bond donors (Lipinski definition) is 1. The maximum atomic E-state index is 12.4. The third-order valence-electron chi connectivity index (χ3n) is 3.20. The number of nitrogens with two attached hydrogens (primary N) is 1. The lowest BCUT2D eigenvalue weighted by Gasteiger charge is -2.31. The fourth-order valence-corrected chi connectivity index (χ4v) is 2.33. The zero-order chi connectivity index (χ0) is 14.6. The first-order valence-electron chi connectivity index (χ1n) is 5.87. The summed E-state index contributed by atoms with van der Waals surface area (Å²) in [6, 6.07) is -1.19. The number of hydrogen-bond acceptors (Lipinski definition) is 5. The maximum absolute atomic E-state index is 12.4. The lowest BCUT2D eigenvalue weighted by Crippen LogP contribution is -2.63. The quantitative estimate of drug-likeness (QED) is 0.687. The summed E-state index contributed by atoms with van der Waals surface area (Å²) >= 11 is 0. The minimum absolute atomic E-state index is 0.247. The Labute approximate surface area is 113 Å². The van der Waals surface area contributed by atoms with Crippen LogP contribution in [0.1, 0.15) is 11.8 Å². The zero-order valence-electron chi connectivity index (χ0n) is 10.9. The van der Waals surface area contributed by atoms with Crippen molar-refractivity contribution in [3.8, 4) is 0 Å². The van der Waals surface area contributed by atoms with Gasteiger partial charge in [0.25, 0.3) is 17.8 Å². The zero-order valence-corrected chi connectivity index (χ0v) is 10.9. The van der Waals surface area contributed by atoms with Gasteiger partial charge in [0.05, 0.1) is 0 Å². The van der Waals surface area contributed by atoms with E-state index in [9.17, 15) is 14.4 Å². The number of aliphatic imine (C=N–C) groups is 1. The number of amides is 4. The first-order chi connectivity index (χ1) is 9.40. The summed E-state index contributed by atoms with van der Waals surface area (Å²) in [5.41, 5.74) is 5.07. The van der Waals surface area contributed by atoms with E-state index in [0.29, 0.717) is 5.76 Å². The highest BCUT2D eigenvalue weighted by Crippen LogP contribution is 2.28. The molecule has 9 heteroatoms. The second-order valence-electron chi connectivity index (χ2n) is 4.64. The normalized spacial score (nSPS) is 20.9. The molecule has 0 spiro atoms. The number of primary amides is 1. The molecule has 4 amide bonds. The van der Waals surface area contributed by atoms with Crippen molar-refractivity contribution in [1.29, 1.82) is 0 Å². The van der Waals surface area contributed by atoms with Crippen molar-refractivity contribution in [2.45, 2.75) is 13.0 Å². The van der Waals surface area contributed by atoms with Gasteiger partial charge < -0.3 is 10.2 Å². The molecule has 104 valence electrons. The Kier molecular flexibility index (Phi) is 2.40. The number of oxazole rings is 1. The summed E-state index contributed by atoms with van der Waals surface area (Å²) in [5.74, 6) is -0.432. The van der Waals surface area contributed by atoms with Gasteiger partial charge in [-0.1, -0.05) is 0 Å². The van der Waals surface area contributed by atoms with Crippen molar-refractivity contribution < 1.29 is 23.4 Å². The minimum atomic E-state index is -0.801. The van der Waals surface area contributed by atoms with Crippen molar-refractivity contribution in [2.24, 2.45) is 10.7 Å². The van der Waals surface area contributed by atoms with E-state index in [0.717, 1.165) is 4.90 Å². The molecule has 0 aliphatic carbocycles. The molecule has 20 heavy (non-hydrogen) atoms. The molecule has 0 bridgehead atoms. The second kappa shape index (κ2) is 3.89. The number of nitrogens with zero attached hydrogens (tertiary/aromatic N) is 4. The molecule has 0 saturated carbocycles. The van der Waals surface area contributed by atoms with Crippen LogP contribution in [0, 0.1) is 6.92 Å². The van der Waals surface area contributed by atoms with Crippen LogP contribution in [0.5, 0.6) is 0 Å². The number of aryl methyl sites for hydroxylation is 1. The predicted molar refractivity (Wildman–Crippen MR) is 63.8 cm³/mol. The van der Waals surface area contributed by atoms with Crippen molar-refractivity contribution in [2.75, 3.05) is 13.6 Å². The van der Waals surface area contributed by atoms with E-state index in [1.165, 1.54) is 16.5 Å². The average molecular weight is 278 g/mol. The van der Waals surface area contributed by atoms with Gasteiger partial charge in [-0.2, -0.15) is 4.57 Å². The van der Waals surface area contributed by atoms with Gasteiger partial charge in [0, 0.05) is 12.0 Å². The van der Waals surface area contributed by atoms with E-state index in [4.69, 9.17) is 10.2 Å². The molecule has 1 saturated heterocycles. The molecule has 0 radical (unpaired) electrons. The van der Waals surface area contributed by atoms with Crippen LogP contribution in [0.4, 0.5) is 10.8 Å². The van der Waals surface area contributed by atoms with Crippen LogP contribution in [0.2, 0.25) is 0 Å². The number of carbonyl (C=O) groups is 3. The van der Waals surface area contributed by atoms with E-state index in [2.05, 4.69) is 4.99 Å². The van der Waals surface area contributed by atoms with Gasteiger partial charge in [-0.15, -0.1) is 0 Å². The molecule has 1 unspecified atom stereocenters. The monoisotopic (exact) mass is 278 g/mol. The van der Waals surface area contributed by atoms with Crippen LogP contribution < -0.4 is 10.3 Å². The number of carbonyl (C=O) groups excluding carboxylic acids is 3. The highest BCUT2D eigenvalue weighted by Gasteiger charge is 2.55. The SMILES string of the molecule is Cc1c[n+]2c(o1)N=C1C2C(=O)N(CC(N)=O)C(=O)N1C. The van der Waals surface area contributed by atoms with Crippen molar-refractivity contribution in [1.82, 2.24) is 9.80 Å². The molecule has 2 aliphatic rings. The van der Waals surface area contributed by atoms with E-state index in [1.54, 1.807) is 13.1 Å². The summed E-state index contributed by atoms with van der Waals surface area (Å²) in [7, 11) is 1.48. The number of rotatable bonds is 2. The van der Waals surface area contributed by atoms with Crippen LogP contribution in [0.15, 0.2) is 15.6 Å². The Hall–Kier alpha value is -2.71. The molecule has 2 aliphatic heterocycles. The molecule has 2 N–H and O–H groups in total. The molecule has 0 aromatic carbocycles. The summed E-state index contributed by atoms with van der Waals surface area (Å²) < 4.78 is 6.87. The third kappa shape index (κ3) is 1.52. The molecule has 3 rings (SSSR count). The number of likely N-dealkylation sites (N-methyl/N-ethyl adjacent to an activating group) is 1. The number of fused-ring (bicyclic) bond motifs is 3. The van der Waals surface area contributed by atoms with Crippen molar-refractivity contribution in [3.63, 3.8) is 0 Å². The molecule has 3 heterocycles. The summed E-state index contributed by atoms with van der Waals surface area (Å²) in [5, 5.41) is 0. The number of aromatic nitrogens is 1. The Morgan fingerprint density at radius 1 is 1.55 bits per heavy atom. The van der Waals surface area contributed by atoms with Crippen LogP contribution in [-0.2, 0) is 9.59 Å². The molecule has 1 atom stereocenters. The van der Waals surface area contributed by atoms with Gasteiger partial charge in [-0.25, -0.2) is 4.79 Å². The number of imide groups is 1. The molecular formula is C11H12N5O4+. The van der Waals surface area contributed by atoms with E-state index in [-0.39, 0.29) is 11.9 Å². The van der Waals surface area contributed by atoms with Crippen LogP contribution >= 0.6 is 0 Å². The average Bonchev–Trinajstić information content (AvgIpc) is 2.87. The third-order valence-corrected chi connectivity index (χ3v) is 3.20. The standard InChI is InChI=1S/C11H11N5O4/c1-5-3-15-7-8(13-10(15)20-5)14(2)11(19)16(9(7)18)4-6(12)17/h3,7H,4H2,1-2H3,(H-,12,17)/p+1. The Balaban J connectivity index is 2.06. The van der Waals surface area contributed by atoms with Gasteiger partial charge in [0.2, 0.25) is 5.91 Å². The van der Waals surface area contributed by atoms with Crippen molar-refractivity contribution >= 4 is 29.7 Å². The van der Waals surface area contributed by atoms with E-state index < -0.39 is 30.4 Å². The number of urea groups is 1. The highest BCUT2D eigenvalue weighted by molar-refractivity contribution is 6.19. The minimum Gasteiger partial charge on any atom is -0.390 e. The van der Waals surface area contributed by atoms with Crippen LogP contribution in [-0.4, -0.2) is 47.1 Å². The first kappa shape index (κ1) is 12.3. The molecule has 1 fully saturated rings. The highest BCUT2D eigenvalue weighted by atomic mass is 16.4. The molecular weight excluding hydrogens is 266 g/mol. The fraction of sp³-hybridized carbons (Fsp3) is 0.364. The Bertz CT molecular complexity index is 676.